The molecule has 2 aliphatic rings. The second-order valence-corrected chi connectivity index (χ2v) is 5.40. The molecule has 2 amide bonds. The third-order valence-electron chi connectivity index (χ3n) is 3.05. The van der Waals surface area contributed by atoms with Gasteiger partial charge in [-0.1, -0.05) is 0 Å². The number of hydrogen-bond donors (Lipinski definition) is 1. The summed E-state index contributed by atoms with van der Waals surface area (Å²) in [7, 11) is 0. The highest BCUT2D eigenvalue weighted by Crippen LogP contribution is 2.33. The molecule has 86 valence electrons. The second-order valence-electron chi connectivity index (χ2n) is 5.40. The summed E-state index contributed by atoms with van der Waals surface area (Å²) in [6.07, 6.45) is 5.26. The van der Waals surface area contributed by atoms with E-state index in [-0.39, 0.29) is 12.1 Å². The number of hydrogen-bond acceptors (Lipinski definition) is 1. The number of rotatable bonds is 5. The minimum Gasteiger partial charge on any atom is -0.336 e. The summed E-state index contributed by atoms with van der Waals surface area (Å²) in [6.45, 7) is 6.00. The summed E-state index contributed by atoms with van der Waals surface area (Å²) in [4.78, 5) is 13.9. The Morgan fingerprint density at radius 3 is 2.00 bits per heavy atom. The molecule has 0 heterocycles. The fourth-order valence-corrected chi connectivity index (χ4v) is 1.80. The van der Waals surface area contributed by atoms with Gasteiger partial charge in [-0.3, -0.25) is 0 Å². The molecular weight excluding hydrogens is 188 g/mol. The van der Waals surface area contributed by atoms with Crippen molar-refractivity contribution in [2.75, 3.05) is 13.1 Å². The van der Waals surface area contributed by atoms with E-state index in [1.807, 2.05) is 18.7 Å². The van der Waals surface area contributed by atoms with Crippen LogP contribution in [0.2, 0.25) is 0 Å². The van der Waals surface area contributed by atoms with E-state index in [4.69, 9.17) is 0 Å². The second kappa shape index (κ2) is 4.42. The summed E-state index contributed by atoms with van der Waals surface area (Å²) >= 11 is 0. The van der Waals surface area contributed by atoms with Crippen molar-refractivity contribution in [3.8, 4) is 0 Å². The molecule has 2 aliphatic carbocycles. The van der Waals surface area contributed by atoms with Gasteiger partial charge in [0, 0.05) is 19.1 Å². The average molecular weight is 210 g/mol. The van der Waals surface area contributed by atoms with Crippen LogP contribution in [0.1, 0.15) is 39.5 Å². The van der Waals surface area contributed by atoms with Crippen LogP contribution >= 0.6 is 0 Å². The highest BCUT2D eigenvalue weighted by molar-refractivity contribution is 5.74. The lowest BCUT2D eigenvalue weighted by Crippen LogP contribution is -2.44. The molecule has 3 heteroatoms. The van der Waals surface area contributed by atoms with E-state index >= 15 is 0 Å². The molecule has 1 N–H and O–H groups in total. The molecule has 0 unspecified atom stereocenters. The number of nitrogens with one attached hydrogen (secondary N) is 1. The van der Waals surface area contributed by atoms with Crippen molar-refractivity contribution in [3.63, 3.8) is 0 Å². The van der Waals surface area contributed by atoms with Crippen LogP contribution in [0.15, 0.2) is 0 Å². The highest BCUT2D eigenvalue weighted by atomic mass is 16.2. The zero-order valence-corrected chi connectivity index (χ0v) is 9.83. The van der Waals surface area contributed by atoms with Crippen LogP contribution in [-0.2, 0) is 0 Å². The normalized spacial score (nSPS) is 20.5. The van der Waals surface area contributed by atoms with Crippen LogP contribution in [0.4, 0.5) is 4.79 Å². The van der Waals surface area contributed by atoms with Gasteiger partial charge < -0.3 is 10.2 Å². The molecule has 0 aromatic carbocycles. The van der Waals surface area contributed by atoms with Crippen LogP contribution in [0.3, 0.4) is 0 Å². The van der Waals surface area contributed by atoms with Crippen molar-refractivity contribution in [2.45, 2.75) is 45.6 Å². The van der Waals surface area contributed by atoms with Crippen LogP contribution in [0.5, 0.6) is 0 Å². The van der Waals surface area contributed by atoms with Gasteiger partial charge in [0.1, 0.15) is 0 Å². The Balaban J connectivity index is 1.80. The number of carbonyl (C=O) groups excluding carboxylic acids is 1. The van der Waals surface area contributed by atoms with Crippen molar-refractivity contribution in [3.05, 3.63) is 0 Å². The van der Waals surface area contributed by atoms with Gasteiger partial charge in [-0.2, -0.15) is 0 Å². The molecule has 0 bridgehead atoms. The molecule has 0 radical (unpaired) electrons. The van der Waals surface area contributed by atoms with Gasteiger partial charge in [0.05, 0.1) is 0 Å². The number of nitrogens with zero attached hydrogens (tertiary/aromatic N) is 1. The van der Waals surface area contributed by atoms with E-state index in [2.05, 4.69) is 5.32 Å². The molecule has 0 aromatic heterocycles. The lowest BCUT2D eigenvalue weighted by atomic mass is 10.3. The van der Waals surface area contributed by atoms with Gasteiger partial charge in [-0.05, 0) is 51.4 Å². The summed E-state index contributed by atoms with van der Waals surface area (Å²) in [5.41, 5.74) is 0. The van der Waals surface area contributed by atoms with Gasteiger partial charge >= 0.3 is 6.03 Å². The number of urea groups is 1. The molecule has 0 aliphatic heterocycles. The van der Waals surface area contributed by atoms with Crippen LogP contribution in [0.25, 0.3) is 0 Å². The third kappa shape index (κ3) is 3.73. The molecule has 0 atom stereocenters. The first-order chi connectivity index (χ1) is 7.15. The maximum atomic E-state index is 11.9. The topological polar surface area (TPSA) is 32.3 Å². The number of carbonyl (C=O) groups is 1. The molecule has 15 heavy (non-hydrogen) atoms. The van der Waals surface area contributed by atoms with Gasteiger partial charge in [-0.25, -0.2) is 4.79 Å². The minimum atomic E-state index is 0.142. The van der Waals surface area contributed by atoms with Crippen molar-refractivity contribution < 1.29 is 4.79 Å². The SMILES string of the molecule is CC(C)NC(=O)N(CC1CC1)CC1CC1. The Kier molecular flexibility index (Phi) is 3.17. The Morgan fingerprint density at radius 2 is 1.67 bits per heavy atom. The minimum absolute atomic E-state index is 0.142. The molecule has 2 rings (SSSR count). The van der Waals surface area contributed by atoms with Crippen molar-refractivity contribution in [1.29, 1.82) is 0 Å². The van der Waals surface area contributed by atoms with E-state index in [0.29, 0.717) is 0 Å². The predicted molar refractivity (Wildman–Crippen MR) is 60.7 cm³/mol. The first kappa shape index (κ1) is 10.8. The van der Waals surface area contributed by atoms with Crippen LogP contribution in [-0.4, -0.2) is 30.1 Å². The monoisotopic (exact) mass is 210 g/mol. The summed E-state index contributed by atoms with van der Waals surface area (Å²) in [5.74, 6) is 1.59. The molecule has 2 fully saturated rings. The Hall–Kier alpha value is -0.730. The molecule has 0 saturated heterocycles. The number of amides is 2. The average Bonchev–Trinajstić information content (AvgIpc) is 2.95. The summed E-state index contributed by atoms with van der Waals surface area (Å²) in [5, 5.41) is 3.00. The zero-order valence-electron chi connectivity index (χ0n) is 9.83. The lowest BCUT2D eigenvalue weighted by Gasteiger charge is -2.24. The predicted octanol–water partition coefficient (Wildman–Crippen LogP) is 2.23. The first-order valence-electron chi connectivity index (χ1n) is 6.20. The zero-order chi connectivity index (χ0) is 10.8. The standard InChI is InChI=1S/C12H22N2O/c1-9(2)13-12(15)14(7-10-3-4-10)8-11-5-6-11/h9-11H,3-8H2,1-2H3,(H,13,15). The molecule has 3 nitrogen and oxygen atoms in total. The first-order valence-corrected chi connectivity index (χ1v) is 6.20. The van der Waals surface area contributed by atoms with Crippen molar-refractivity contribution in [1.82, 2.24) is 10.2 Å². The summed E-state index contributed by atoms with van der Waals surface area (Å²) < 4.78 is 0. The molecule has 0 spiro atoms. The van der Waals surface area contributed by atoms with E-state index in [1.165, 1.54) is 25.7 Å². The van der Waals surface area contributed by atoms with E-state index in [9.17, 15) is 4.79 Å². The fourth-order valence-electron chi connectivity index (χ4n) is 1.80. The Bertz CT molecular complexity index is 218. The van der Waals surface area contributed by atoms with Crippen molar-refractivity contribution in [2.24, 2.45) is 11.8 Å². The molecule has 0 aromatic rings. The van der Waals surface area contributed by atoms with E-state index < -0.39 is 0 Å². The van der Waals surface area contributed by atoms with E-state index in [1.54, 1.807) is 0 Å². The maximum absolute atomic E-state index is 11.9. The van der Waals surface area contributed by atoms with Gasteiger partial charge in [0.15, 0.2) is 0 Å². The van der Waals surface area contributed by atoms with Gasteiger partial charge in [0.25, 0.3) is 0 Å². The highest BCUT2D eigenvalue weighted by Gasteiger charge is 2.31. The fraction of sp³-hybridized carbons (Fsp3) is 0.917. The molecule has 2 saturated carbocycles. The van der Waals surface area contributed by atoms with Gasteiger partial charge in [0.2, 0.25) is 0 Å². The van der Waals surface area contributed by atoms with E-state index in [0.717, 1.165) is 24.9 Å². The van der Waals surface area contributed by atoms with Crippen molar-refractivity contribution >= 4 is 6.03 Å². The lowest BCUT2D eigenvalue weighted by molar-refractivity contribution is 0.190. The Labute approximate surface area is 92.2 Å². The van der Waals surface area contributed by atoms with Crippen LogP contribution in [0, 0.1) is 11.8 Å². The quantitative estimate of drug-likeness (QED) is 0.741. The third-order valence-corrected chi connectivity index (χ3v) is 3.05. The van der Waals surface area contributed by atoms with Gasteiger partial charge in [-0.15, -0.1) is 0 Å². The van der Waals surface area contributed by atoms with Crippen LogP contribution < -0.4 is 5.32 Å². The Morgan fingerprint density at radius 1 is 1.20 bits per heavy atom. The largest absolute Gasteiger partial charge is 0.336 e. The molecular formula is C12H22N2O. The summed E-state index contributed by atoms with van der Waals surface area (Å²) in [6, 6.07) is 0.391. The smallest absolute Gasteiger partial charge is 0.317 e. The maximum Gasteiger partial charge on any atom is 0.317 e.